The van der Waals surface area contributed by atoms with E-state index in [0.717, 1.165) is 25.9 Å². The van der Waals surface area contributed by atoms with Crippen LogP contribution in [-0.4, -0.2) is 35.3 Å². The number of hydrogen-bond acceptors (Lipinski definition) is 3. The third kappa shape index (κ3) is 3.97. The van der Waals surface area contributed by atoms with Crippen LogP contribution in [0.15, 0.2) is 18.2 Å². The summed E-state index contributed by atoms with van der Waals surface area (Å²) in [6.45, 7) is 1.56. The molecule has 126 valence electrons. The number of rotatable bonds is 3. The molecule has 0 radical (unpaired) electrons. The number of anilines is 1. The summed E-state index contributed by atoms with van der Waals surface area (Å²) in [4.78, 5) is 26.2. The first kappa shape index (κ1) is 18.0. The van der Waals surface area contributed by atoms with E-state index in [4.69, 9.17) is 17.3 Å². The van der Waals surface area contributed by atoms with E-state index >= 15 is 0 Å². The summed E-state index contributed by atoms with van der Waals surface area (Å²) in [5.41, 5.74) is 6.17. The summed E-state index contributed by atoms with van der Waals surface area (Å²) < 4.78 is 0. The SMILES string of the molecule is Cl.NC1(C(=O)Nc2ccc(C(=O)N3CCCCC3)c(Cl)c2)CC1. The molecule has 1 aliphatic heterocycles. The predicted octanol–water partition coefficient (Wildman–Crippen LogP) is 2.82. The summed E-state index contributed by atoms with van der Waals surface area (Å²) in [5, 5.41) is 3.11. The first-order valence-electron chi connectivity index (χ1n) is 7.69. The van der Waals surface area contributed by atoms with Gasteiger partial charge in [-0.05, 0) is 50.3 Å². The van der Waals surface area contributed by atoms with E-state index in [1.54, 1.807) is 18.2 Å². The zero-order chi connectivity index (χ0) is 15.7. The lowest BCUT2D eigenvalue weighted by atomic mass is 10.1. The van der Waals surface area contributed by atoms with Crippen molar-refractivity contribution in [3.63, 3.8) is 0 Å². The fourth-order valence-corrected chi connectivity index (χ4v) is 2.91. The van der Waals surface area contributed by atoms with Crippen molar-refractivity contribution in [3.05, 3.63) is 28.8 Å². The van der Waals surface area contributed by atoms with Crippen molar-refractivity contribution in [1.29, 1.82) is 0 Å². The van der Waals surface area contributed by atoms with Crippen LogP contribution in [0.2, 0.25) is 5.02 Å². The van der Waals surface area contributed by atoms with E-state index in [9.17, 15) is 9.59 Å². The number of halogens is 2. The normalized spacial score (nSPS) is 18.8. The van der Waals surface area contributed by atoms with Crippen molar-refractivity contribution in [2.45, 2.75) is 37.6 Å². The van der Waals surface area contributed by atoms with Gasteiger partial charge in [0, 0.05) is 18.8 Å². The fraction of sp³-hybridized carbons (Fsp3) is 0.500. The second-order valence-corrected chi connectivity index (χ2v) is 6.56. The Balaban J connectivity index is 0.00000192. The number of carbonyl (C=O) groups excluding carboxylic acids is 2. The molecule has 0 unspecified atom stereocenters. The number of nitrogens with zero attached hydrogens (tertiary/aromatic N) is 1. The van der Waals surface area contributed by atoms with Crippen LogP contribution < -0.4 is 11.1 Å². The minimum Gasteiger partial charge on any atom is -0.339 e. The van der Waals surface area contributed by atoms with Gasteiger partial charge in [-0.3, -0.25) is 9.59 Å². The van der Waals surface area contributed by atoms with Crippen LogP contribution in [0.4, 0.5) is 5.69 Å². The van der Waals surface area contributed by atoms with E-state index in [0.29, 0.717) is 29.1 Å². The van der Waals surface area contributed by atoms with Gasteiger partial charge in [0.15, 0.2) is 0 Å². The van der Waals surface area contributed by atoms with Gasteiger partial charge in [-0.15, -0.1) is 12.4 Å². The summed E-state index contributed by atoms with van der Waals surface area (Å²) in [6.07, 6.45) is 4.66. The highest BCUT2D eigenvalue weighted by Crippen LogP contribution is 2.33. The minimum absolute atomic E-state index is 0. The minimum atomic E-state index is -0.727. The van der Waals surface area contributed by atoms with Gasteiger partial charge >= 0.3 is 0 Å². The van der Waals surface area contributed by atoms with Crippen LogP contribution in [0.5, 0.6) is 0 Å². The molecule has 1 saturated carbocycles. The molecule has 3 N–H and O–H groups in total. The Bertz CT molecular complexity index is 611. The molecule has 1 saturated heterocycles. The highest BCUT2D eigenvalue weighted by molar-refractivity contribution is 6.34. The van der Waals surface area contributed by atoms with Crippen molar-refractivity contribution in [3.8, 4) is 0 Å². The highest BCUT2D eigenvalue weighted by Gasteiger charge is 2.45. The number of benzene rings is 1. The highest BCUT2D eigenvalue weighted by atomic mass is 35.5. The summed E-state index contributed by atoms with van der Waals surface area (Å²) in [5.74, 6) is -0.237. The molecule has 0 spiro atoms. The van der Waals surface area contributed by atoms with Crippen LogP contribution in [-0.2, 0) is 4.79 Å². The first-order valence-corrected chi connectivity index (χ1v) is 8.07. The number of hydrogen-bond donors (Lipinski definition) is 2. The maximum Gasteiger partial charge on any atom is 0.255 e. The fourth-order valence-electron chi connectivity index (χ4n) is 2.65. The molecular weight excluding hydrogens is 337 g/mol. The van der Waals surface area contributed by atoms with Gasteiger partial charge in [0.2, 0.25) is 5.91 Å². The maximum absolute atomic E-state index is 12.5. The van der Waals surface area contributed by atoms with Crippen molar-refractivity contribution < 1.29 is 9.59 Å². The molecule has 0 bridgehead atoms. The van der Waals surface area contributed by atoms with Gasteiger partial charge in [0.25, 0.3) is 5.91 Å². The van der Waals surface area contributed by atoms with Crippen molar-refractivity contribution >= 4 is 41.5 Å². The van der Waals surface area contributed by atoms with Gasteiger partial charge in [0.1, 0.15) is 0 Å². The number of amides is 2. The molecule has 5 nitrogen and oxygen atoms in total. The number of likely N-dealkylation sites (tertiary alicyclic amines) is 1. The quantitative estimate of drug-likeness (QED) is 0.873. The number of carbonyl (C=O) groups is 2. The monoisotopic (exact) mass is 357 g/mol. The van der Waals surface area contributed by atoms with E-state index in [1.165, 1.54) is 6.42 Å². The van der Waals surface area contributed by atoms with Gasteiger partial charge < -0.3 is 16.0 Å². The number of piperidine rings is 1. The van der Waals surface area contributed by atoms with Crippen molar-refractivity contribution in [2.75, 3.05) is 18.4 Å². The average Bonchev–Trinajstić information content (AvgIpc) is 3.27. The standard InChI is InChI=1S/C16H20ClN3O2.ClH/c17-13-10-11(19-15(22)16(18)6-7-16)4-5-12(13)14(21)20-8-2-1-3-9-20;/h4-5,10H,1-3,6-9,18H2,(H,19,22);1H. The second kappa shape index (κ2) is 7.07. The average molecular weight is 358 g/mol. The van der Waals surface area contributed by atoms with E-state index in [2.05, 4.69) is 5.32 Å². The largest absolute Gasteiger partial charge is 0.339 e. The Labute approximate surface area is 146 Å². The molecule has 23 heavy (non-hydrogen) atoms. The third-order valence-corrected chi connectivity index (χ3v) is 4.65. The molecule has 1 aliphatic carbocycles. The summed E-state index contributed by atoms with van der Waals surface area (Å²) >= 11 is 6.23. The lowest BCUT2D eigenvalue weighted by Gasteiger charge is -2.27. The smallest absolute Gasteiger partial charge is 0.255 e. The van der Waals surface area contributed by atoms with Gasteiger partial charge in [0.05, 0.1) is 16.1 Å². The van der Waals surface area contributed by atoms with Crippen LogP contribution in [0.3, 0.4) is 0 Å². The number of nitrogens with two attached hydrogens (primary N) is 1. The van der Waals surface area contributed by atoms with Crippen LogP contribution in [0.1, 0.15) is 42.5 Å². The lowest BCUT2D eigenvalue weighted by Crippen LogP contribution is -2.38. The van der Waals surface area contributed by atoms with Gasteiger partial charge in [-0.1, -0.05) is 11.6 Å². The van der Waals surface area contributed by atoms with Crippen molar-refractivity contribution in [1.82, 2.24) is 4.90 Å². The lowest BCUT2D eigenvalue weighted by molar-refractivity contribution is -0.118. The van der Waals surface area contributed by atoms with Crippen LogP contribution >= 0.6 is 24.0 Å². The molecule has 3 rings (SSSR count). The van der Waals surface area contributed by atoms with E-state index in [1.807, 2.05) is 4.90 Å². The summed E-state index contributed by atoms with van der Waals surface area (Å²) in [6, 6.07) is 4.99. The first-order chi connectivity index (χ1) is 10.5. The van der Waals surface area contributed by atoms with Crippen molar-refractivity contribution in [2.24, 2.45) is 5.73 Å². The third-order valence-electron chi connectivity index (χ3n) is 4.34. The molecule has 1 aromatic carbocycles. The van der Waals surface area contributed by atoms with Gasteiger partial charge in [-0.25, -0.2) is 0 Å². The van der Waals surface area contributed by atoms with E-state index in [-0.39, 0.29) is 24.2 Å². The van der Waals surface area contributed by atoms with Crippen LogP contribution in [0, 0.1) is 0 Å². The topological polar surface area (TPSA) is 75.4 Å². The molecule has 2 fully saturated rings. The Kier molecular flexibility index (Phi) is 5.55. The van der Waals surface area contributed by atoms with E-state index < -0.39 is 5.54 Å². The second-order valence-electron chi connectivity index (χ2n) is 6.16. The molecular formula is C16H21Cl2N3O2. The Morgan fingerprint density at radius 2 is 1.83 bits per heavy atom. The molecule has 0 atom stereocenters. The maximum atomic E-state index is 12.5. The van der Waals surface area contributed by atoms with Crippen LogP contribution in [0.25, 0.3) is 0 Å². The zero-order valence-electron chi connectivity index (χ0n) is 12.8. The molecule has 1 aromatic rings. The Morgan fingerprint density at radius 3 is 2.39 bits per heavy atom. The molecule has 0 aromatic heterocycles. The number of nitrogens with one attached hydrogen (secondary N) is 1. The molecule has 2 amide bonds. The molecule has 7 heteroatoms. The Morgan fingerprint density at radius 1 is 1.17 bits per heavy atom. The molecule has 1 heterocycles. The zero-order valence-corrected chi connectivity index (χ0v) is 14.4. The summed E-state index contributed by atoms with van der Waals surface area (Å²) in [7, 11) is 0. The van der Waals surface area contributed by atoms with Gasteiger partial charge in [-0.2, -0.15) is 0 Å². The Hall–Kier alpha value is -1.30. The molecule has 2 aliphatic rings. The predicted molar refractivity (Wildman–Crippen MR) is 93.2 cm³/mol.